The Bertz CT molecular complexity index is 437. The minimum absolute atomic E-state index is 0.138. The monoisotopic (exact) mass is 250 g/mol. The standard InChI is InChI=1S/C13H18N2O3/c1-9-5-4-6-10(2)11(9)14-12(17)13(18)15(3)7-8-16/h4-6,16H,7-8H2,1-3H3,(H,14,17). The van der Waals surface area contributed by atoms with Crippen LogP contribution in [0.2, 0.25) is 0 Å². The highest BCUT2D eigenvalue weighted by molar-refractivity contribution is 6.39. The van der Waals surface area contributed by atoms with Crippen LogP contribution in [0.25, 0.3) is 0 Å². The maximum atomic E-state index is 11.7. The number of nitrogens with one attached hydrogen (secondary N) is 1. The predicted molar refractivity (Wildman–Crippen MR) is 69.3 cm³/mol. The maximum absolute atomic E-state index is 11.7. The Morgan fingerprint density at radius 1 is 1.28 bits per heavy atom. The molecule has 1 rings (SSSR count). The molecule has 0 bridgehead atoms. The summed E-state index contributed by atoms with van der Waals surface area (Å²) in [4.78, 5) is 24.6. The molecule has 0 unspecified atom stereocenters. The molecule has 2 N–H and O–H groups in total. The minimum Gasteiger partial charge on any atom is -0.395 e. The Labute approximate surface area is 106 Å². The molecule has 5 nitrogen and oxygen atoms in total. The van der Waals surface area contributed by atoms with Crippen LogP contribution in [0.1, 0.15) is 11.1 Å². The van der Waals surface area contributed by atoms with Crippen molar-refractivity contribution in [1.29, 1.82) is 0 Å². The third-order valence-electron chi connectivity index (χ3n) is 2.70. The number of aliphatic hydroxyl groups is 1. The summed E-state index contributed by atoms with van der Waals surface area (Å²) in [5.41, 5.74) is 2.47. The summed E-state index contributed by atoms with van der Waals surface area (Å²) >= 11 is 0. The molecule has 18 heavy (non-hydrogen) atoms. The lowest BCUT2D eigenvalue weighted by Crippen LogP contribution is -2.38. The van der Waals surface area contributed by atoms with Crippen molar-refractivity contribution in [1.82, 2.24) is 4.90 Å². The van der Waals surface area contributed by atoms with E-state index in [-0.39, 0.29) is 13.2 Å². The summed E-state index contributed by atoms with van der Waals surface area (Å²) in [6.45, 7) is 3.70. The highest BCUT2D eigenvalue weighted by atomic mass is 16.3. The van der Waals surface area contributed by atoms with Crippen LogP contribution in [-0.2, 0) is 9.59 Å². The summed E-state index contributed by atoms with van der Waals surface area (Å²) in [7, 11) is 1.48. The zero-order chi connectivity index (χ0) is 13.7. The normalized spacial score (nSPS) is 10.0. The van der Waals surface area contributed by atoms with Crippen LogP contribution in [0, 0.1) is 13.8 Å². The van der Waals surface area contributed by atoms with Gasteiger partial charge in [0.1, 0.15) is 0 Å². The van der Waals surface area contributed by atoms with E-state index in [1.54, 1.807) is 0 Å². The smallest absolute Gasteiger partial charge is 0.313 e. The molecule has 0 aliphatic rings. The molecule has 1 aromatic rings. The van der Waals surface area contributed by atoms with E-state index in [2.05, 4.69) is 5.32 Å². The second-order valence-corrected chi connectivity index (χ2v) is 4.17. The molecule has 0 atom stereocenters. The van der Waals surface area contributed by atoms with Gasteiger partial charge in [-0.2, -0.15) is 0 Å². The van der Waals surface area contributed by atoms with Gasteiger partial charge in [0.05, 0.1) is 6.61 Å². The topological polar surface area (TPSA) is 69.6 Å². The number of carbonyl (C=O) groups excluding carboxylic acids is 2. The number of para-hydroxylation sites is 1. The summed E-state index contributed by atoms with van der Waals surface area (Å²) in [6, 6.07) is 5.62. The average Bonchev–Trinajstić information content (AvgIpc) is 2.33. The number of aryl methyl sites for hydroxylation is 2. The van der Waals surface area contributed by atoms with Gasteiger partial charge in [-0.05, 0) is 25.0 Å². The summed E-state index contributed by atoms with van der Waals surface area (Å²) in [6.07, 6.45) is 0. The molecule has 2 amide bonds. The van der Waals surface area contributed by atoms with Gasteiger partial charge in [0.25, 0.3) is 0 Å². The Balaban J connectivity index is 2.79. The number of carbonyl (C=O) groups is 2. The molecule has 0 radical (unpaired) electrons. The van der Waals surface area contributed by atoms with Crippen LogP contribution in [0.15, 0.2) is 18.2 Å². The summed E-state index contributed by atoms with van der Waals surface area (Å²) in [5, 5.41) is 11.3. The first kappa shape index (κ1) is 14.2. The lowest BCUT2D eigenvalue weighted by Gasteiger charge is -2.16. The third-order valence-corrected chi connectivity index (χ3v) is 2.70. The fourth-order valence-electron chi connectivity index (χ4n) is 1.60. The number of benzene rings is 1. The van der Waals surface area contributed by atoms with Crippen molar-refractivity contribution >= 4 is 17.5 Å². The van der Waals surface area contributed by atoms with Crippen LogP contribution in [0.4, 0.5) is 5.69 Å². The number of rotatable bonds is 3. The Morgan fingerprint density at radius 3 is 2.33 bits per heavy atom. The first-order chi connectivity index (χ1) is 8.47. The molecule has 0 aliphatic carbocycles. The van der Waals surface area contributed by atoms with E-state index < -0.39 is 11.8 Å². The Morgan fingerprint density at radius 2 is 1.83 bits per heavy atom. The Hall–Kier alpha value is -1.88. The molecule has 0 aliphatic heterocycles. The fourth-order valence-corrected chi connectivity index (χ4v) is 1.60. The number of hydrogen-bond donors (Lipinski definition) is 2. The molecular formula is C13H18N2O3. The minimum atomic E-state index is -0.691. The number of anilines is 1. The largest absolute Gasteiger partial charge is 0.395 e. The van der Waals surface area contributed by atoms with E-state index in [0.29, 0.717) is 5.69 Å². The van der Waals surface area contributed by atoms with Crippen LogP contribution < -0.4 is 5.32 Å². The van der Waals surface area contributed by atoms with Crippen molar-refractivity contribution in [3.8, 4) is 0 Å². The quantitative estimate of drug-likeness (QED) is 0.776. The Kier molecular flexibility index (Phi) is 4.85. The zero-order valence-electron chi connectivity index (χ0n) is 10.9. The summed E-state index contributed by atoms with van der Waals surface area (Å²) in [5.74, 6) is -1.35. The van der Waals surface area contributed by atoms with Crippen LogP contribution in [0.3, 0.4) is 0 Å². The molecule has 98 valence electrons. The second-order valence-electron chi connectivity index (χ2n) is 4.17. The van der Waals surface area contributed by atoms with Gasteiger partial charge in [-0.15, -0.1) is 0 Å². The van der Waals surface area contributed by atoms with Gasteiger partial charge in [-0.1, -0.05) is 18.2 Å². The summed E-state index contributed by atoms with van der Waals surface area (Å²) < 4.78 is 0. The van der Waals surface area contributed by atoms with Gasteiger partial charge in [0.2, 0.25) is 0 Å². The molecule has 0 heterocycles. The molecule has 0 saturated carbocycles. The van der Waals surface area contributed by atoms with E-state index in [0.717, 1.165) is 11.1 Å². The number of aliphatic hydroxyl groups excluding tert-OH is 1. The van der Waals surface area contributed by atoms with E-state index in [4.69, 9.17) is 5.11 Å². The number of likely N-dealkylation sites (N-methyl/N-ethyl adjacent to an activating group) is 1. The van der Waals surface area contributed by atoms with Crippen molar-refractivity contribution in [2.45, 2.75) is 13.8 Å². The number of nitrogens with zero attached hydrogens (tertiary/aromatic N) is 1. The molecule has 0 spiro atoms. The molecular weight excluding hydrogens is 232 g/mol. The fraction of sp³-hybridized carbons (Fsp3) is 0.385. The van der Waals surface area contributed by atoms with Crippen molar-refractivity contribution in [2.24, 2.45) is 0 Å². The van der Waals surface area contributed by atoms with Crippen molar-refractivity contribution in [3.05, 3.63) is 29.3 Å². The first-order valence-electron chi connectivity index (χ1n) is 5.71. The van der Waals surface area contributed by atoms with Crippen LogP contribution >= 0.6 is 0 Å². The third kappa shape index (κ3) is 3.30. The molecule has 1 aromatic carbocycles. The SMILES string of the molecule is Cc1cccc(C)c1NC(=O)C(=O)N(C)CCO. The van der Waals surface area contributed by atoms with E-state index >= 15 is 0 Å². The van der Waals surface area contributed by atoms with E-state index in [1.165, 1.54) is 11.9 Å². The number of hydrogen-bond acceptors (Lipinski definition) is 3. The average molecular weight is 250 g/mol. The molecule has 0 aromatic heterocycles. The highest BCUT2D eigenvalue weighted by Gasteiger charge is 2.19. The van der Waals surface area contributed by atoms with Crippen molar-refractivity contribution < 1.29 is 14.7 Å². The van der Waals surface area contributed by atoms with Gasteiger partial charge >= 0.3 is 11.8 Å². The predicted octanol–water partition coefficient (Wildman–Crippen LogP) is 0.693. The van der Waals surface area contributed by atoms with Crippen molar-refractivity contribution in [3.63, 3.8) is 0 Å². The zero-order valence-corrected chi connectivity index (χ0v) is 10.9. The van der Waals surface area contributed by atoms with Gasteiger partial charge in [-0.25, -0.2) is 0 Å². The maximum Gasteiger partial charge on any atom is 0.313 e. The van der Waals surface area contributed by atoms with Gasteiger partial charge in [-0.3, -0.25) is 9.59 Å². The second kappa shape index (κ2) is 6.16. The lowest BCUT2D eigenvalue weighted by atomic mass is 10.1. The number of amides is 2. The van der Waals surface area contributed by atoms with Crippen molar-refractivity contribution in [2.75, 3.05) is 25.5 Å². The lowest BCUT2D eigenvalue weighted by molar-refractivity contribution is -0.142. The molecule has 0 fully saturated rings. The van der Waals surface area contributed by atoms with E-state index in [9.17, 15) is 9.59 Å². The molecule has 5 heteroatoms. The highest BCUT2D eigenvalue weighted by Crippen LogP contribution is 2.19. The first-order valence-corrected chi connectivity index (χ1v) is 5.71. The van der Waals surface area contributed by atoms with Gasteiger partial charge in [0, 0.05) is 19.3 Å². The molecule has 0 saturated heterocycles. The van der Waals surface area contributed by atoms with Crippen LogP contribution in [-0.4, -0.2) is 42.0 Å². The van der Waals surface area contributed by atoms with Crippen LogP contribution in [0.5, 0.6) is 0 Å². The van der Waals surface area contributed by atoms with E-state index in [1.807, 2.05) is 32.0 Å². The van der Waals surface area contributed by atoms with Gasteiger partial charge < -0.3 is 15.3 Å². The van der Waals surface area contributed by atoms with Gasteiger partial charge in [0.15, 0.2) is 0 Å².